The number of aromatic nitrogens is 1. The van der Waals surface area contributed by atoms with E-state index in [0.29, 0.717) is 18.7 Å². The first-order valence-corrected chi connectivity index (χ1v) is 7.93. The first-order chi connectivity index (χ1) is 8.85. The van der Waals surface area contributed by atoms with E-state index in [9.17, 15) is 13.2 Å². The molecule has 104 valence electrons. The zero-order valence-electron chi connectivity index (χ0n) is 9.97. The highest BCUT2D eigenvalue weighted by Crippen LogP contribution is 2.19. The molecule has 1 aromatic heterocycles. The third-order valence-electron chi connectivity index (χ3n) is 2.95. The topological polar surface area (TPSA) is 96.4 Å². The molecule has 19 heavy (non-hydrogen) atoms. The number of aromatic carboxylic acids is 1. The number of nitrogens with zero attached hydrogens (tertiary/aromatic N) is 1. The van der Waals surface area contributed by atoms with Crippen molar-refractivity contribution in [2.45, 2.75) is 18.9 Å². The Kier molecular flexibility index (Phi) is 3.96. The van der Waals surface area contributed by atoms with Gasteiger partial charge in [0.25, 0.3) is 0 Å². The fraction of sp³-hybridized carbons (Fsp3) is 0.455. The van der Waals surface area contributed by atoms with Crippen LogP contribution in [0.2, 0.25) is 5.15 Å². The smallest absolute Gasteiger partial charge is 0.335 e. The summed E-state index contributed by atoms with van der Waals surface area (Å²) < 4.78 is 22.6. The molecule has 1 saturated heterocycles. The molecule has 6 nitrogen and oxygen atoms in total. The van der Waals surface area contributed by atoms with Gasteiger partial charge in [0.15, 0.2) is 0 Å². The van der Waals surface area contributed by atoms with Gasteiger partial charge in [0, 0.05) is 6.04 Å². The van der Waals surface area contributed by atoms with Gasteiger partial charge in [0.1, 0.15) is 20.8 Å². The van der Waals surface area contributed by atoms with E-state index in [4.69, 9.17) is 16.7 Å². The molecule has 2 N–H and O–H groups in total. The quantitative estimate of drug-likeness (QED) is 0.820. The van der Waals surface area contributed by atoms with Gasteiger partial charge in [0.05, 0.1) is 17.1 Å². The molecule has 0 saturated carbocycles. The van der Waals surface area contributed by atoms with Gasteiger partial charge in [-0.25, -0.2) is 18.2 Å². The average Bonchev–Trinajstić information content (AvgIpc) is 2.31. The second kappa shape index (κ2) is 5.34. The highest BCUT2D eigenvalue weighted by molar-refractivity contribution is 7.91. The number of sulfone groups is 1. The fourth-order valence-electron chi connectivity index (χ4n) is 1.94. The van der Waals surface area contributed by atoms with Crippen LogP contribution >= 0.6 is 11.6 Å². The molecule has 0 bridgehead atoms. The summed E-state index contributed by atoms with van der Waals surface area (Å²) in [6.07, 6.45) is 0.970. The van der Waals surface area contributed by atoms with E-state index in [2.05, 4.69) is 10.3 Å². The van der Waals surface area contributed by atoms with Crippen molar-refractivity contribution in [1.29, 1.82) is 0 Å². The Labute approximate surface area is 115 Å². The van der Waals surface area contributed by atoms with Crippen LogP contribution in [0.15, 0.2) is 12.1 Å². The molecule has 0 spiro atoms. The number of carboxylic acids is 1. The van der Waals surface area contributed by atoms with E-state index in [1.54, 1.807) is 0 Å². The van der Waals surface area contributed by atoms with Crippen molar-refractivity contribution in [2.75, 3.05) is 16.8 Å². The van der Waals surface area contributed by atoms with E-state index >= 15 is 0 Å². The van der Waals surface area contributed by atoms with Crippen molar-refractivity contribution in [2.24, 2.45) is 0 Å². The summed E-state index contributed by atoms with van der Waals surface area (Å²) in [5.41, 5.74) is 0.0472. The number of carbonyl (C=O) groups is 1. The van der Waals surface area contributed by atoms with Gasteiger partial charge >= 0.3 is 5.97 Å². The summed E-state index contributed by atoms with van der Waals surface area (Å²) in [6, 6.07) is 2.62. The number of nitrogens with one attached hydrogen (secondary N) is 1. The van der Waals surface area contributed by atoms with Crippen LogP contribution in [0.1, 0.15) is 23.2 Å². The molecule has 2 rings (SSSR count). The van der Waals surface area contributed by atoms with Gasteiger partial charge < -0.3 is 10.4 Å². The first kappa shape index (κ1) is 14.1. The Balaban J connectivity index is 2.09. The number of carboxylic acid groups (broad SMARTS) is 1. The lowest BCUT2D eigenvalue weighted by atomic mass is 10.1. The molecule has 8 heteroatoms. The third kappa shape index (κ3) is 3.81. The lowest BCUT2D eigenvalue weighted by Gasteiger charge is -2.23. The van der Waals surface area contributed by atoms with Crippen molar-refractivity contribution < 1.29 is 18.3 Å². The van der Waals surface area contributed by atoms with Gasteiger partial charge in [-0.1, -0.05) is 11.6 Å². The number of anilines is 1. The summed E-state index contributed by atoms with van der Waals surface area (Å²) in [7, 11) is -2.92. The maximum atomic E-state index is 11.3. The minimum Gasteiger partial charge on any atom is -0.478 e. The van der Waals surface area contributed by atoms with Crippen LogP contribution in [-0.4, -0.2) is 42.0 Å². The maximum absolute atomic E-state index is 11.3. The van der Waals surface area contributed by atoms with E-state index in [0.717, 1.165) is 0 Å². The average molecular weight is 305 g/mol. The van der Waals surface area contributed by atoms with Crippen molar-refractivity contribution in [3.05, 3.63) is 22.8 Å². The van der Waals surface area contributed by atoms with Gasteiger partial charge in [0.2, 0.25) is 0 Å². The largest absolute Gasteiger partial charge is 0.478 e. The van der Waals surface area contributed by atoms with E-state index in [1.165, 1.54) is 12.1 Å². The lowest BCUT2D eigenvalue weighted by Crippen LogP contribution is -2.32. The van der Waals surface area contributed by atoms with Crippen molar-refractivity contribution in [1.82, 2.24) is 4.98 Å². The summed E-state index contributed by atoms with van der Waals surface area (Å²) in [4.78, 5) is 14.9. The maximum Gasteiger partial charge on any atom is 0.335 e. The molecule has 0 aliphatic carbocycles. The number of pyridine rings is 1. The number of halogens is 1. The first-order valence-electron chi connectivity index (χ1n) is 5.73. The monoisotopic (exact) mass is 304 g/mol. The van der Waals surface area contributed by atoms with Crippen LogP contribution in [0.4, 0.5) is 5.82 Å². The Morgan fingerprint density at radius 3 is 2.58 bits per heavy atom. The molecule has 1 aromatic rings. The molecular weight excluding hydrogens is 292 g/mol. The summed E-state index contributed by atoms with van der Waals surface area (Å²) >= 11 is 5.75. The predicted molar refractivity (Wildman–Crippen MR) is 71.5 cm³/mol. The predicted octanol–water partition coefficient (Wildman–Crippen LogP) is 1.42. The molecule has 0 amide bonds. The Morgan fingerprint density at radius 1 is 1.37 bits per heavy atom. The van der Waals surface area contributed by atoms with Gasteiger partial charge in [-0.15, -0.1) is 0 Å². The molecule has 0 radical (unpaired) electrons. The van der Waals surface area contributed by atoms with Gasteiger partial charge in [-0.2, -0.15) is 0 Å². The molecule has 1 aliphatic rings. The number of hydrogen-bond donors (Lipinski definition) is 2. The van der Waals surface area contributed by atoms with Crippen LogP contribution < -0.4 is 5.32 Å². The van der Waals surface area contributed by atoms with Gasteiger partial charge in [-0.05, 0) is 25.0 Å². The summed E-state index contributed by atoms with van der Waals surface area (Å²) in [5.74, 6) is -0.457. The molecule has 1 fully saturated rings. The molecular formula is C11H13ClN2O4S. The van der Waals surface area contributed by atoms with Crippen LogP contribution in [0.3, 0.4) is 0 Å². The standard InChI is InChI=1S/C11H13ClN2O4S/c12-9-5-7(11(15)16)6-10(14-9)13-8-1-3-19(17,18)4-2-8/h5-6,8H,1-4H2,(H,13,14)(H,15,16). The van der Waals surface area contributed by atoms with Crippen LogP contribution in [0, 0.1) is 0 Å². The zero-order valence-corrected chi connectivity index (χ0v) is 11.5. The van der Waals surface area contributed by atoms with E-state index < -0.39 is 15.8 Å². The summed E-state index contributed by atoms with van der Waals surface area (Å²) in [5, 5.41) is 12.0. The third-order valence-corrected chi connectivity index (χ3v) is 4.86. The number of hydrogen-bond acceptors (Lipinski definition) is 5. The molecule has 0 aromatic carbocycles. The Bertz CT molecular complexity index is 589. The minimum absolute atomic E-state index is 0.0314. The van der Waals surface area contributed by atoms with E-state index in [-0.39, 0.29) is 28.3 Å². The Morgan fingerprint density at radius 2 is 2.00 bits per heavy atom. The van der Waals surface area contributed by atoms with Gasteiger partial charge in [-0.3, -0.25) is 0 Å². The fourth-order valence-corrected chi connectivity index (χ4v) is 3.64. The lowest BCUT2D eigenvalue weighted by molar-refractivity contribution is 0.0697. The SMILES string of the molecule is O=C(O)c1cc(Cl)nc(NC2CCS(=O)(=O)CC2)c1. The molecule has 0 atom stereocenters. The minimum atomic E-state index is -2.92. The van der Waals surface area contributed by atoms with Crippen molar-refractivity contribution >= 4 is 33.2 Å². The van der Waals surface area contributed by atoms with Crippen LogP contribution in [0.5, 0.6) is 0 Å². The molecule has 2 heterocycles. The molecule has 1 aliphatic heterocycles. The number of rotatable bonds is 3. The molecule has 0 unspecified atom stereocenters. The zero-order chi connectivity index (χ0) is 14.0. The Hall–Kier alpha value is -1.34. The summed E-state index contributed by atoms with van der Waals surface area (Å²) in [6.45, 7) is 0. The van der Waals surface area contributed by atoms with Crippen molar-refractivity contribution in [3.8, 4) is 0 Å². The van der Waals surface area contributed by atoms with E-state index in [1.807, 2.05) is 0 Å². The highest BCUT2D eigenvalue weighted by Gasteiger charge is 2.23. The normalized spacial score (nSPS) is 19.0. The van der Waals surface area contributed by atoms with Crippen molar-refractivity contribution in [3.63, 3.8) is 0 Å². The van der Waals surface area contributed by atoms with Crippen LogP contribution in [0.25, 0.3) is 0 Å². The second-order valence-electron chi connectivity index (χ2n) is 4.44. The highest BCUT2D eigenvalue weighted by atomic mass is 35.5. The second-order valence-corrected chi connectivity index (χ2v) is 7.13. The van der Waals surface area contributed by atoms with Crippen LogP contribution in [-0.2, 0) is 9.84 Å².